The summed E-state index contributed by atoms with van der Waals surface area (Å²) in [5.74, 6) is 1.54. The summed E-state index contributed by atoms with van der Waals surface area (Å²) in [6.45, 7) is 7.01. The first-order valence-electron chi connectivity index (χ1n) is 9.44. The van der Waals surface area contributed by atoms with Crippen LogP contribution in [0, 0.1) is 0 Å². The number of hydrogen-bond donors (Lipinski definition) is 1. The number of likely N-dealkylation sites (tertiary alicyclic amines) is 1. The Morgan fingerprint density at radius 1 is 1.26 bits per heavy atom. The van der Waals surface area contributed by atoms with Gasteiger partial charge in [-0.05, 0) is 45.7 Å². The van der Waals surface area contributed by atoms with Gasteiger partial charge in [0.1, 0.15) is 5.60 Å². The molecule has 0 saturated carbocycles. The Kier molecular flexibility index (Phi) is 5.39. The fraction of sp³-hybridized carbons (Fsp3) is 0.550. The van der Waals surface area contributed by atoms with E-state index >= 15 is 0 Å². The fourth-order valence-electron chi connectivity index (χ4n) is 3.34. The zero-order valence-electron chi connectivity index (χ0n) is 16.8. The third kappa shape index (κ3) is 4.40. The summed E-state index contributed by atoms with van der Waals surface area (Å²) in [7, 11) is 3.87. The number of nitrogens with zero attached hydrogens (tertiary/aromatic N) is 4. The Balaban J connectivity index is 1.81. The first-order chi connectivity index (χ1) is 12.8. The van der Waals surface area contributed by atoms with Crippen molar-refractivity contribution in [2.45, 2.75) is 45.3 Å². The van der Waals surface area contributed by atoms with E-state index in [0.717, 1.165) is 42.1 Å². The highest BCUT2D eigenvalue weighted by Gasteiger charge is 2.30. The van der Waals surface area contributed by atoms with Gasteiger partial charge in [0.05, 0.1) is 11.0 Å². The summed E-state index contributed by atoms with van der Waals surface area (Å²) >= 11 is 0. The van der Waals surface area contributed by atoms with Crippen LogP contribution in [0.25, 0.3) is 11.0 Å². The monoisotopic (exact) mass is 371 g/mol. The number of para-hydroxylation sites is 2. The van der Waals surface area contributed by atoms with Gasteiger partial charge in [-0.1, -0.05) is 12.1 Å². The normalized spacial score (nSPS) is 17.7. The molecule has 2 heterocycles. The number of rotatable bonds is 3. The van der Waals surface area contributed by atoms with Gasteiger partial charge in [0.25, 0.3) is 0 Å². The smallest absolute Gasteiger partial charge is 0.410 e. The molecule has 3 rings (SSSR count). The lowest BCUT2D eigenvalue weighted by Gasteiger charge is -2.38. The third-order valence-corrected chi connectivity index (χ3v) is 4.72. The highest BCUT2D eigenvalue weighted by molar-refractivity contribution is 5.80. The Morgan fingerprint density at radius 3 is 2.56 bits per heavy atom. The molecule has 7 nitrogen and oxygen atoms in total. The molecule has 0 spiro atoms. The summed E-state index contributed by atoms with van der Waals surface area (Å²) in [6, 6.07) is 8.00. The lowest BCUT2D eigenvalue weighted by molar-refractivity contribution is 0.0199. The minimum atomic E-state index is -0.487. The van der Waals surface area contributed by atoms with E-state index in [4.69, 9.17) is 14.7 Å². The standard InChI is InChI=1S/C20H29N5O2/c1-20(2,3)27-19(26)25-12-8-9-14(13-25)24(5)18-17(21-4)22-15-10-6-7-11-16(15)23-18/h6-7,10-11,14H,8-9,12-13H2,1-5H3,(H,21,22)/t14-/m1/s1. The summed E-state index contributed by atoms with van der Waals surface area (Å²) in [6.07, 6.45) is 1.68. The van der Waals surface area contributed by atoms with Crippen molar-refractivity contribution >= 4 is 28.8 Å². The number of benzene rings is 1. The van der Waals surface area contributed by atoms with E-state index in [1.807, 2.05) is 59.1 Å². The minimum Gasteiger partial charge on any atom is -0.444 e. The van der Waals surface area contributed by atoms with Crippen LogP contribution in [-0.4, -0.2) is 59.8 Å². The first kappa shape index (κ1) is 19.2. The van der Waals surface area contributed by atoms with Crippen LogP contribution < -0.4 is 10.2 Å². The van der Waals surface area contributed by atoms with Crippen molar-refractivity contribution in [2.75, 3.05) is 37.4 Å². The number of fused-ring (bicyclic) bond motifs is 1. The van der Waals surface area contributed by atoms with Crippen LogP contribution in [0.1, 0.15) is 33.6 Å². The van der Waals surface area contributed by atoms with E-state index < -0.39 is 5.60 Å². The van der Waals surface area contributed by atoms with Crippen LogP contribution in [0.15, 0.2) is 24.3 Å². The van der Waals surface area contributed by atoms with Crippen molar-refractivity contribution in [3.63, 3.8) is 0 Å². The number of nitrogens with one attached hydrogen (secondary N) is 1. The van der Waals surface area contributed by atoms with E-state index in [9.17, 15) is 4.79 Å². The third-order valence-electron chi connectivity index (χ3n) is 4.72. The number of aromatic nitrogens is 2. The van der Waals surface area contributed by atoms with Crippen LogP contribution in [0.3, 0.4) is 0 Å². The molecule has 1 atom stereocenters. The largest absolute Gasteiger partial charge is 0.444 e. The molecular weight excluding hydrogens is 342 g/mol. The van der Waals surface area contributed by atoms with Crippen LogP contribution in [-0.2, 0) is 4.74 Å². The zero-order valence-corrected chi connectivity index (χ0v) is 16.8. The molecule has 0 bridgehead atoms. The molecule has 1 aliphatic heterocycles. The molecule has 1 saturated heterocycles. The van der Waals surface area contributed by atoms with Gasteiger partial charge in [0.15, 0.2) is 11.6 Å². The number of carbonyl (C=O) groups is 1. The minimum absolute atomic E-state index is 0.161. The van der Waals surface area contributed by atoms with E-state index in [2.05, 4.69) is 10.2 Å². The molecule has 1 aromatic heterocycles. The van der Waals surface area contributed by atoms with Crippen molar-refractivity contribution in [1.29, 1.82) is 0 Å². The van der Waals surface area contributed by atoms with Gasteiger partial charge in [0.2, 0.25) is 0 Å². The highest BCUT2D eigenvalue weighted by Crippen LogP contribution is 2.28. The summed E-state index contributed by atoms with van der Waals surface area (Å²) in [5.41, 5.74) is 1.23. The number of ether oxygens (including phenoxy) is 1. The molecule has 1 fully saturated rings. The van der Waals surface area contributed by atoms with Crippen molar-refractivity contribution in [3.05, 3.63) is 24.3 Å². The van der Waals surface area contributed by atoms with Gasteiger partial charge in [-0.15, -0.1) is 0 Å². The molecule has 1 amide bonds. The van der Waals surface area contributed by atoms with Crippen molar-refractivity contribution < 1.29 is 9.53 Å². The van der Waals surface area contributed by atoms with Crippen molar-refractivity contribution in [1.82, 2.24) is 14.9 Å². The van der Waals surface area contributed by atoms with E-state index in [1.165, 1.54) is 0 Å². The highest BCUT2D eigenvalue weighted by atomic mass is 16.6. The Hall–Kier alpha value is -2.57. The van der Waals surface area contributed by atoms with Crippen molar-refractivity contribution in [3.8, 4) is 0 Å². The first-order valence-corrected chi connectivity index (χ1v) is 9.44. The Morgan fingerprint density at radius 2 is 1.93 bits per heavy atom. The molecule has 0 unspecified atom stereocenters. The molecule has 146 valence electrons. The van der Waals surface area contributed by atoms with Gasteiger partial charge < -0.3 is 19.9 Å². The van der Waals surface area contributed by atoms with Crippen LogP contribution in [0.5, 0.6) is 0 Å². The maximum atomic E-state index is 12.5. The van der Waals surface area contributed by atoms with Crippen molar-refractivity contribution in [2.24, 2.45) is 0 Å². The molecule has 1 aliphatic rings. The van der Waals surface area contributed by atoms with Crippen LogP contribution >= 0.6 is 0 Å². The number of hydrogen-bond acceptors (Lipinski definition) is 6. The molecule has 27 heavy (non-hydrogen) atoms. The van der Waals surface area contributed by atoms with Crippen LogP contribution in [0.2, 0.25) is 0 Å². The van der Waals surface area contributed by atoms with Gasteiger partial charge in [-0.25, -0.2) is 14.8 Å². The number of carbonyl (C=O) groups excluding carboxylic acids is 1. The summed E-state index contributed by atoms with van der Waals surface area (Å²) < 4.78 is 5.54. The molecular formula is C20H29N5O2. The topological polar surface area (TPSA) is 70.6 Å². The Bertz CT molecular complexity index is 818. The van der Waals surface area contributed by atoms with Gasteiger partial charge in [-0.2, -0.15) is 0 Å². The zero-order chi connectivity index (χ0) is 19.6. The summed E-state index contributed by atoms with van der Waals surface area (Å²) in [4.78, 5) is 25.9. The van der Waals surface area contributed by atoms with E-state index in [-0.39, 0.29) is 12.1 Å². The lowest BCUT2D eigenvalue weighted by atomic mass is 10.0. The maximum absolute atomic E-state index is 12.5. The average molecular weight is 371 g/mol. The lowest BCUT2D eigenvalue weighted by Crippen LogP contribution is -2.50. The molecule has 7 heteroatoms. The van der Waals surface area contributed by atoms with Gasteiger partial charge in [0, 0.05) is 33.2 Å². The molecule has 1 N–H and O–H groups in total. The number of likely N-dealkylation sites (N-methyl/N-ethyl adjacent to an activating group) is 1. The second kappa shape index (κ2) is 7.58. The van der Waals surface area contributed by atoms with Gasteiger partial charge in [-0.3, -0.25) is 0 Å². The number of amides is 1. The van der Waals surface area contributed by atoms with E-state index in [1.54, 1.807) is 4.90 Å². The Labute approximate surface area is 160 Å². The SMILES string of the molecule is CNc1nc2ccccc2nc1N(C)[C@@H]1CCCN(C(=O)OC(C)(C)C)C1. The predicted molar refractivity (Wildman–Crippen MR) is 108 cm³/mol. The number of piperidine rings is 1. The van der Waals surface area contributed by atoms with Crippen LogP contribution in [0.4, 0.5) is 16.4 Å². The fourth-order valence-corrected chi connectivity index (χ4v) is 3.34. The van der Waals surface area contributed by atoms with E-state index in [0.29, 0.717) is 6.54 Å². The molecule has 2 aromatic rings. The maximum Gasteiger partial charge on any atom is 0.410 e. The second-order valence-corrected chi connectivity index (χ2v) is 7.97. The molecule has 0 aliphatic carbocycles. The molecule has 1 aromatic carbocycles. The average Bonchev–Trinajstić information content (AvgIpc) is 2.65. The molecule has 0 radical (unpaired) electrons. The predicted octanol–water partition coefficient (Wildman–Crippen LogP) is 3.51. The second-order valence-electron chi connectivity index (χ2n) is 7.97. The van der Waals surface area contributed by atoms with Gasteiger partial charge >= 0.3 is 6.09 Å². The number of anilines is 2. The summed E-state index contributed by atoms with van der Waals surface area (Å²) in [5, 5.41) is 3.15. The quantitative estimate of drug-likeness (QED) is 0.890.